The van der Waals surface area contributed by atoms with E-state index < -0.39 is 6.10 Å². The van der Waals surface area contributed by atoms with Crippen molar-refractivity contribution in [2.75, 3.05) is 26.2 Å². The van der Waals surface area contributed by atoms with E-state index in [-0.39, 0.29) is 11.8 Å². The zero-order valence-corrected chi connectivity index (χ0v) is 13.3. The van der Waals surface area contributed by atoms with Crippen LogP contribution in [0.3, 0.4) is 0 Å². The van der Waals surface area contributed by atoms with Gasteiger partial charge in [-0.05, 0) is 19.1 Å². The van der Waals surface area contributed by atoms with E-state index in [1.807, 2.05) is 0 Å². The maximum atomic E-state index is 12.5. The SMILES string of the molecule is CC(O)C(=O)N1CCN(C(=O)c2ccc(-c3ncon3)cc2)CC1. The molecule has 1 fully saturated rings. The van der Waals surface area contributed by atoms with Crippen molar-refractivity contribution in [1.82, 2.24) is 19.9 Å². The van der Waals surface area contributed by atoms with E-state index in [0.29, 0.717) is 37.6 Å². The number of carbonyl (C=O) groups is 2. The van der Waals surface area contributed by atoms with E-state index in [1.54, 1.807) is 34.1 Å². The van der Waals surface area contributed by atoms with Gasteiger partial charge in [-0.3, -0.25) is 9.59 Å². The number of aliphatic hydroxyl groups excluding tert-OH is 1. The lowest BCUT2D eigenvalue weighted by molar-refractivity contribution is -0.140. The molecule has 126 valence electrons. The Morgan fingerprint density at radius 2 is 1.75 bits per heavy atom. The van der Waals surface area contributed by atoms with Crippen LogP contribution in [-0.2, 0) is 4.79 Å². The first-order valence-corrected chi connectivity index (χ1v) is 7.69. The molecule has 0 saturated carbocycles. The molecule has 3 rings (SSSR count). The van der Waals surface area contributed by atoms with Crippen LogP contribution in [0.4, 0.5) is 0 Å². The number of hydrogen-bond acceptors (Lipinski definition) is 6. The standard InChI is InChI=1S/C16H18N4O4/c1-11(21)15(22)19-6-8-20(9-7-19)16(23)13-4-2-12(3-5-13)14-17-10-24-18-14/h2-5,10-11,21H,6-9H2,1H3. The Morgan fingerprint density at radius 1 is 1.12 bits per heavy atom. The lowest BCUT2D eigenvalue weighted by atomic mass is 10.1. The molecular formula is C16H18N4O4. The number of nitrogens with zero attached hydrogens (tertiary/aromatic N) is 4. The molecule has 24 heavy (non-hydrogen) atoms. The van der Waals surface area contributed by atoms with Gasteiger partial charge in [-0.1, -0.05) is 17.3 Å². The summed E-state index contributed by atoms with van der Waals surface area (Å²) in [5.74, 6) is 0.0876. The molecule has 1 aliphatic heterocycles. The third-order valence-electron chi connectivity index (χ3n) is 3.99. The predicted octanol–water partition coefficient (Wildman–Crippen LogP) is 0.402. The van der Waals surface area contributed by atoms with Gasteiger partial charge < -0.3 is 19.4 Å². The van der Waals surface area contributed by atoms with Crippen LogP contribution in [0.25, 0.3) is 11.4 Å². The zero-order valence-electron chi connectivity index (χ0n) is 13.3. The van der Waals surface area contributed by atoms with Crippen LogP contribution in [0.15, 0.2) is 35.2 Å². The quantitative estimate of drug-likeness (QED) is 0.874. The molecular weight excluding hydrogens is 312 g/mol. The summed E-state index contributed by atoms with van der Waals surface area (Å²) in [6.07, 6.45) is 0.243. The van der Waals surface area contributed by atoms with Crippen LogP contribution in [0, 0.1) is 0 Å². The molecule has 2 heterocycles. The Hall–Kier alpha value is -2.74. The maximum Gasteiger partial charge on any atom is 0.253 e. The summed E-state index contributed by atoms with van der Waals surface area (Å²) in [4.78, 5) is 31.5. The molecule has 2 amide bonds. The third kappa shape index (κ3) is 3.28. The summed E-state index contributed by atoms with van der Waals surface area (Å²) in [7, 11) is 0. The van der Waals surface area contributed by atoms with Crippen molar-refractivity contribution in [3.8, 4) is 11.4 Å². The van der Waals surface area contributed by atoms with Crippen molar-refractivity contribution in [1.29, 1.82) is 0 Å². The number of aliphatic hydroxyl groups is 1. The average Bonchev–Trinajstić information content (AvgIpc) is 3.15. The molecule has 0 radical (unpaired) electrons. The average molecular weight is 330 g/mol. The van der Waals surface area contributed by atoms with Gasteiger partial charge in [0.1, 0.15) is 6.10 Å². The van der Waals surface area contributed by atoms with Crippen LogP contribution >= 0.6 is 0 Å². The molecule has 1 aromatic heterocycles. The van der Waals surface area contributed by atoms with Gasteiger partial charge in [0, 0.05) is 37.3 Å². The Labute approximate surface area is 138 Å². The summed E-state index contributed by atoms with van der Waals surface area (Å²) in [5, 5.41) is 13.1. The molecule has 0 spiro atoms. The molecule has 0 aliphatic carbocycles. The largest absolute Gasteiger partial charge is 0.384 e. The molecule has 1 N–H and O–H groups in total. The minimum Gasteiger partial charge on any atom is -0.384 e. The van der Waals surface area contributed by atoms with Crippen molar-refractivity contribution in [2.45, 2.75) is 13.0 Å². The Bertz CT molecular complexity index is 704. The first-order chi connectivity index (χ1) is 11.6. The highest BCUT2D eigenvalue weighted by Gasteiger charge is 2.26. The normalized spacial score (nSPS) is 16.1. The van der Waals surface area contributed by atoms with Crippen molar-refractivity contribution < 1.29 is 19.2 Å². The van der Waals surface area contributed by atoms with Gasteiger partial charge >= 0.3 is 0 Å². The first kappa shape index (κ1) is 16.1. The van der Waals surface area contributed by atoms with E-state index in [9.17, 15) is 14.7 Å². The number of amides is 2. The number of carbonyl (C=O) groups excluding carboxylic acids is 2. The van der Waals surface area contributed by atoms with Gasteiger partial charge in [0.15, 0.2) is 0 Å². The van der Waals surface area contributed by atoms with Crippen LogP contribution in [0.2, 0.25) is 0 Å². The van der Waals surface area contributed by atoms with Gasteiger partial charge in [-0.15, -0.1) is 0 Å². The molecule has 1 unspecified atom stereocenters. The molecule has 1 saturated heterocycles. The van der Waals surface area contributed by atoms with Crippen LogP contribution in [-0.4, -0.2) is 69.1 Å². The van der Waals surface area contributed by atoms with Crippen molar-refractivity contribution >= 4 is 11.8 Å². The predicted molar refractivity (Wildman–Crippen MR) is 83.9 cm³/mol. The van der Waals surface area contributed by atoms with E-state index in [1.165, 1.54) is 13.3 Å². The number of hydrogen-bond donors (Lipinski definition) is 1. The fraction of sp³-hybridized carbons (Fsp3) is 0.375. The Balaban J connectivity index is 1.62. The topological polar surface area (TPSA) is 99.8 Å². The summed E-state index contributed by atoms with van der Waals surface area (Å²) in [6.45, 7) is 3.20. The van der Waals surface area contributed by atoms with Crippen molar-refractivity contribution in [3.63, 3.8) is 0 Å². The van der Waals surface area contributed by atoms with Crippen molar-refractivity contribution in [3.05, 3.63) is 36.2 Å². The van der Waals surface area contributed by atoms with Gasteiger partial charge in [0.05, 0.1) is 0 Å². The second-order valence-electron chi connectivity index (χ2n) is 5.63. The fourth-order valence-electron chi connectivity index (χ4n) is 2.64. The fourth-order valence-corrected chi connectivity index (χ4v) is 2.64. The number of aromatic nitrogens is 2. The first-order valence-electron chi connectivity index (χ1n) is 7.69. The van der Waals surface area contributed by atoms with Gasteiger partial charge in [0.25, 0.3) is 11.8 Å². The second-order valence-corrected chi connectivity index (χ2v) is 5.63. The lowest BCUT2D eigenvalue weighted by Crippen LogP contribution is -2.52. The summed E-state index contributed by atoms with van der Waals surface area (Å²) in [6, 6.07) is 6.99. The maximum absolute atomic E-state index is 12.5. The third-order valence-corrected chi connectivity index (χ3v) is 3.99. The zero-order chi connectivity index (χ0) is 17.1. The highest BCUT2D eigenvalue weighted by molar-refractivity contribution is 5.94. The van der Waals surface area contributed by atoms with E-state index in [4.69, 9.17) is 4.52 Å². The molecule has 8 nitrogen and oxygen atoms in total. The Kier molecular flexibility index (Phi) is 4.57. The highest BCUT2D eigenvalue weighted by Crippen LogP contribution is 2.17. The minimum absolute atomic E-state index is 0.0844. The molecule has 8 heteroatoms. The lowest BCUT2D eigenvalue weighted by Gasteiger charge is -2.35. The monoisotopic (exact) mass is 330 g/mol. The molecule has 1 aliphatic rings. The number of piperazine rings is 1. The van der Waals surface area contributed by atoms with Gasteiger partial charge in [0.2, 0.25) is 12.2 Å². The van der Waals surface area contributed by atoms with Crippen LogP contribution in [0.5, 0.6) is 0 Å². The molecule has 1 aromatic carbocycles. The summed E-state index contributed by atoms with van der Waals surface area (Å²) in [5.41, 5.74) is 1.34. The summed E-state index contributed by atoms with van der Waals surface area (Å²) < 4.78 is 4.70. The molecule has 1 atom stereocenters. The summed E-state index contributed by atoms with van der Waals surface area (Å²) >= 11 is 0. The highest BCUT2D eigenvalue weighted by atomic mass is 16.5. The van der Waals surface area contributed by atoms with Gasteiger partial charge in [-0.2, -0.15) is 4.98 Å². The van der Waals surface area contributed by atoms with Gasteiger partial charge in [-0.25, -0.2) is 0 Å². The minimum atomic E-state index is -1.01. The smallest absolute Gasteiger partial charge is 0.253 e. The van der Waals surface area contributed by atoms with E-state index in [2.05, 4.69) is 10.1 Å². The molecule has 2 aromatic rings. The second kappa shape index (κ2) is 6.79. The Morgan fingerprint density at radius 3 is 2.29 bits per heavy atom. The number of benzene rings is 1. The van der Waals surface area contributed by atoms with Crippen LogP contribution < -0.4 is 0 Å². The molecule has 0 bridgehead atoms. The number of rotatable bonds is 3. The van der Waals surface area contributed by atoms with Crippen molar-refractivity contribution in [2.24, 2.45) is 0 Å². The van der Waals surface area contributed by atoms with E-state index in [0.717, 1.165) is 5.56 Å². The van der Waals surface area contributed by atoms with E-state index >= 15 is 0 Å². The van der Waals surface area contributed by atoms with Crippen LogP contribution in [0.1, 0.15) is 17.3 Å².